The van der Waals surface area contributed by atoms with Crippen molar-refractivity contribution in [1.82, 2.24) is 10.2 Å². The maximum absolute atomic E-state index is 12.9. The molecule has 1 aliphatic heterocycles. The SMILES string of the molecule is CC1CC1C(=O)NC1CCN(Cc2ccc(F)cc2)CC1. The number of rotatable bonds is 4. The topological polar surface area (TPSA) is 32.3 Å². The Morgan fingerprint density at radius 1 is 1.29 bits per heavy atom. The molecule has 1 amide bonds. The number of hydrogen-bond acceptors (Lipinski definition) is 2. The average molecular weight is 290 g/mol. The van der Waals surface area contributed by atoms with Crippen LogP contribution in [0.3, 0.4) is 0 Å². The van der Waals surface area contributed by atoms with E-state index in [2.05, 4.69) is 17.1 Å². The van der Waals surface area contributed by atoms with Crippen LogP contribution in [0, 0.1) is 17.7 Å². The third-order valence-corrected chi connectivity index (χ3v) is 4.70. The van der Waals surface area contributed by atoms with E-state index in [9.17, 15) is 9.18 Å². The van der Waals surface area contributed by atoms with Crippen molar-refractivity contribution in [2.75, 3.05) is 13.1 Å². The molecule has 2 fully saturated rings. The Balaban J connectivity index is 1.42. The quantitative estimate of drug-likeness (QED) is 0.924. The van der Waals surface area contributed by atoms with Crippen LogP contribution in [0.25, 0.3) is 0 Å². The van der Waals surface area contributed by atoms with Gasteiger partial charge in [-0.25, -0.2) is 4.39 Å². The highest BCUT2D eigenvalue weighted by atomic mass is 19.1. The highest BCUT2D eigenvalue weighted by Crippen LogP contribution is 2.37. The summed E-state index contributed by atoms with van der Waals surface area (Å²) in [6.07, 6.45) is 3.07. The molecule has 1 saturated heterocycles. The van der Waals surface area contributed by atoms with Crippen molar-refractivity contribution in [3.05, 3.63) is 35.6 Å². The first-order chi connectivity index (χ1) is 10.1. The number of nitrogens with zero attached hydrogens (tertiary/aromatic N) is 1. The summed E-state index contributed by atoms with van der Waals surface area (Å²) in [5.41, 5.74) is 1.14. The lowest BCUT2D eigenvalue weighted by molar-refractivity contribution is -0.123. The Hall–Kier alpha value is -1.42. The number of benzene rings is 1. The van der Waals surface area contributed by atoms with E-state index in [1.54, 1.807) is 0 Å². The molecule has 1 aliphatic carbocycles. The van der Waals surface area contributed by atoms with Crippen molar-refractivity contribution in [3.8, 4) is 0 Å². The van der Waals surface area contributed by atoms with Gasteiger partial charge in [-0.3, -0.25) is 9.69 Å². The molecule has 0 bridgehead atoms. The van der Waals surface area contributed by atoms with Crippen molar-refractivity contribution < 1.29 is 9.18 Å². The van der Waals surface area contributed by atoms with Crippen LogP contribution in [0.5, 0.6) is 0 Å². The fraction of sp³-hybridized carbons (Fsp3) is 0.588. The summed E-state index contributed by atoms with van der Waals surface area (Å²) in [6, 6.07) is 7.04. The number of halogens is 1. The number of nitrogens with one attached hydrogen (secondary N) is 1. The van der Waals surface area contributed by atoms with Gasteiger partial charge in [0.2, 0.25) is 5.91 Å². The van der Waals surface area contributed by atoms with E-state index in [1.807, 2.05) is 12.1 Å². The summed E-state index contributed by atoms with van der Waals surface area (Å²) in [5, 5.41) is 3.19. The Bertz CT molecular complexity index is 494. The van der Waals surface area contributed by atoms with E-state index in [4.69, 9.17) is 0 Å². The minimum absolute atomic E-state index is 0.186. The molecule has 1 saturated carbocycles. The van der Waals surface area contributed by atoms with Crippen molar-refractivity contribution in [2.24, 2.45) is 11.8 Å². The molecule has 0 radical (unpaired) electrons. The largest absolute Gasteiger partial charge is 0.353 e. The third kappa shape index (κ3) is 3.82. The second-order valence-electron chi connectivity index (χ2n) is 6.50. The van der Waals surface area contributed by atoms with Gasteiger partial charge in [-0.1, -0.05) is 19.1 Å². The summed E-state index contributed by atoms with van der Waals surface area (Å²) >= 11 is 0. The molecule has 0 aromatic heterocycles. The van der Waals surface area contributed by atoms with Gasteiger partial charge in [0.1, 0.15) is 5.82 Å². The zero-order chi connectivity index (χ0) is 14.8. The molecule has 2 unspecified atom stereocenters. The summed E-state index contributed by atoms with van der Waals surface area (Å²) in [5.74, 6) is 0.903. The average Bonchev–Trinajstić information content (AvgIpc) is 3.21. The number of likely N-dealkylation sites (tertiary alicyclic amines) is 1. The second-order valence-corrected chi connectivity index (χ2v) is 6.50. The van der Waals surface area contributed by atoms with Gasteiger partial charge >= 0.3 is 0 Å². The van der Waals surface area contributed by atoms with Crippen LogP contribution in [0.4, 0.5) is 4.39 Å². The number of carbonyl (C=O) groups excluding carboxylic acids is 1. The van der Waals surface area contributed by atoms with E-state index in [0.717, 1.165) is 44.5 Å². The van der Waals surface area contributed by atoms with Crippen LogP contribution in [0.1, 0.15) is 31.7 Å². The monoisotopic (exact) mass is 290 g/mol. The van der Waals surface area contributed by atoms with Gasteiger partial charge < -0.3 is 5.32 Å². The van der Waals surface area contributed by atoms with Crippen molar-refractivity contribution in [2.45, 2.75) is 38.8 Å². The molecule has 2 aliphatic rings. The van der Waals surface area contributed by atoms with Gasteiger partial charge in [-0.05, 0) is 42.9 Å². The fourth-order valence-electron chi connectivity index (χ4n) is 3.08. The molecule has 1 aromatic rings. The standard InChI is InChI=1S/C17H23FN2O/c1-12-10-16(12)17(21)19-15-6-8-20(9-7-15)11-13-2-4-14(18)5-3-13/h2-5,12,15-16H,6-11H2,1H3,(H,19,21). The molecule has 3 nitrogen and oxygen atoms in total. The van der Waals surface area contributed by atoms with Gasteiger partial charge in [0.15, 0.2) is 0 Å². The molecule has 1 N–H and O–H groups in total. The zero-order valence-electron chi connectivity index (χ0n) is 12.5. The van der Waals surface area contributed by atoms with E-state index in [0.29, 0.717) is 12.0 Å². The first kappa shape index (κ1) is 14.5. The summed E-state index contributed by atoms with van der Waals surface area (Å²) in [4.78, 5) is 14.3. The summed E-state index contributed by atoms with van der Waals surface area (Å²) in [7, 11) is 0. The second kappa shape index (κ2) is 6.14. The maximum atomic E-state index is 12.9. The maximum Gasteiger partial charge on any atom is 0.223 e. The lowest BCUT2D eigenvalue weighted by Crippen LogP contribution is -2.44. The van der Waals surface area contributed by atoms with E-state index < -0.39 is 0 Å². The highest BCUT2D eigenvalue weighted by Gasteiger charge is 2.39. The van der Waals surface area contributed by atoms with E-state index >= 15 is 0 Å². The molecule has 2 atom stereocenters. The van der Waals surface area contributed by atoms with Crippen LogP contribution in [-0.2, 0) is 11.3 Å². The van der Waals surface area contributed by atoms with Crippen molar-refractivity contribution in [1.29, 1.82) is 0 Å². The molecule has 1 aromatic carbocycles. The Kier molecular flexibility index (Phi) is 4.24. The van der Waals surface area contributed by atoms with E-state index in [1.165, 1.54) is 12.1 Å². The Morgan fingerprint density at radius 3 is 2.48 bits per heavy atom. The smallest absolute Gasteiger partial charge is 0.223 e. The molecule has 3 rings (SSSR count). The molecule has 114 valence electrons. The van der Waals surface area contributed by atoms with Gasteiger partial charge in [0, 0.05) is 31.6 Å². The molecular formula is C17H23FN2O. The molecule has 1 heterocycles. The summed E-state index contributed by atoms with van der Waals surface area (Å²) < 4.78 is 12.9. The van der Waals surface area contributed by atoms with Gasteiger partial charge in [0.05, 0.1) is 0 Å². The third-order valence-electron chi connectivity index (χ3n) is 4.70. The Morgan fingerprint density at radius 2 is 1.90 bits per heavy atom. The first-order valence-electron chi connectivity index (χ1n) is 7.89. The number of amides is 1. The predicted octanol–water partition coefficient (Wildman–Crippen LogP) is 2.56. The van der Waals surface area contributed by atoms with Crippen LogP contribution in [0.2, 0.25) is 0 Å². The molecule has 21 heavy (non-hydrogen) atoms. The lowest BCUT2D eigenvalue weighted by Gasteiger charge is -2.32. The van der Waals surface area contributed by atoms with Crippen LogP contribution in [-0.4, -0.2) is 29.9 Å². The molecule has 4 heteroatoms. The minimum Gasteiger partial charge on any atom is -0.353 e. The van der Waals surface area contributed by atoms with Gasteiger partial charge in [-0.2, -0.15) is 0 Å². The minimum atomic E-state index is -0.186. The first-order valence-corrected chi connectivity index (χ1v) is 7.89. The number of hydrogen-bond donors (Lipinski definition) is 1. The normalized spacial score (nSPS) is 26.6. The van der Waals surface area contributed by atoms with Gasteiger partial charge in [0.25, 0.3) is 0 Å². The van der Waals surface area contributed by atoms with Gasteiger partial charge in [-0.15, -0.1) is 0 Å². The number of carbonyl (C=O) groups is 1. The van der Waals surface area contributed by atoms with Crippen molar-refractivity contribution >= 4 is 5.91 Å². The van der Waals surface area contributed by atoms with Crippen LogP contribution in [0.15, 0.2) is 24.3 Å². The molecule has 0 spiro atoms. The Labute approximate surface area is 125 Å². The number of piperidine rings is 1. The lowest BCUT2D eigenvalue weighted by atomic mass is 10.0. The highest BCUT2D eigenvalue weighted by molar-refractivity contribution is 5.81. The summed E-state index contributed by atoms with van der Waals surface area (Å²) in [6.45, 7) is 4.97. The van der Waals surface area contributed by atoms with Crippen LogP contribution < -0.4 is 5.32 Å². The fourth-order valence-corrected chi connectivity index (χ4v) is 3.08. The van der Waals surface area contributed by atoms with E-state index in [-0.39, 0.29) is 17.6 Å². The predicted molar refractivity (Wildman–Crippen MR) is 80.1 cm³/mol. The molecular weight excluding hydrogens is 267 g/mol. The zero-order valence-corrected chi connectivity index (χ0v) is 12.5. The van der Waals surface area contributed by atoms with Crippen LogP contribution >= 0.6 is 0 Å². The van der Waals surface area contributed by atoms with Crippen molar-refractivity contribution in [3.63, 3.8) is 0 Å².